The van der Waals surface area contributed by atoms with Crippen LogP contribution in [0.3, 0.4) is 0 Å². The van der Waals surface area contributed by atoms with Crippen LogP contribution in [0.5, 0.6) is 0 Å². The molecule has 116 valence electrons. The maximum atomic E-state index is 12.0. The smallest absolute Gasteiger partial charge is 0.328 e. The fourth-order valence-electron chi connectivity index (χ4n) is 2.14. The number of carbonyl (C=O) groups excluding carboxylic acids is 1. The van der Waals surface area contributed by atoms with Gasteiger partial charge in [0.1, 0.15) is 0 Å². The molecule has 0 aliphatic rings. The molecule has 1 atom stereocenters. The molecule has 2 rings (SSSR count). The standard InChI is InChI=1S/C16H18N2O4/c1-2-7-22-10-14(16(20)21)18-15(19)8-11-9-17-13-6-4-3-5-12(11)13/h2-6,9,14,17H,1,7-8,10H2,(H,18,19)(H,20,21). The Morgan fingerprint density at radius 1 is 1.41 bits per heavy atom. The lowest BCUT2D eigenvalue weighted by atomic mass is 10.1. The molecule has 1 unspecified atom stereocenters. The normalized spacial score (nSPS) is 12.0. The van der Waals surface area contributed by atoms with E-state index in [1.54, 1.807) is 6.20 Å². The van der Waals surface area contributed by atoms with Gasteiger partial charge in [-0.2, -0.15) is 0 Å². The zero-order chi connectivity index (χ0) is 15.9. The van der Waals surface area contributed by atoms with E-state index in [0.29, 0.717) is 0 Å². The largest absolute Gasteiger partial charge is 0.480 e. The second-order valence-corrected chi connectivity index (χ2v) is 4.82. The van der Waals surface area contributed by atoms with Gasteiger partial charge in [0.05, 0.1) is 19.6 Å². The first kappa shape index (κ1) is 15.8. The first-order valence-corrected chi connectivity index (χ1v) is 6.87. The van der Waals surface area contributed by atoms with Crippen molar-refractivity contribution in [2.45, 2.75) is 12.5 Å². The molecule has 6 heteroatoms. The minimum absolute atomic E-state index is 0.0963. The number of rotatable bonds is 8. The highest BCUT2D eigenvalue weighted by Crippen LogP contribution is 2.17. The van der Waals surface area contributed by atoms with Crippen LogP contribution in [0.1, 0.15) is 5.56 Å². The zero-order valence-electron chi connectivity index (χ0n) is 12.0. The Balaban J connectivity index is 1.98. The number of benzene rings is 1. The van der Waals surface area contributed by atoms with Crippen LogP contribution in [0, 0.1) is 0 Å². The van der Waals surface area contributed by atoms with E-state index in [9.17, 15) is 9.59 Å². The number of amides is 1. The van der Waals surface area contributed by atoms with Gasteiger partial charge in [-0.3, -0.25) is 4.79 Å². The number of hydrogen-bond acceptors (Lipinski definition) is 3. The second kappa shape index (κ2) is 7.42. The molecule has 0 spiro atoms. The highest BCUT2D eigenvalue weighted by atomic mass is 16.5. The molecule has 0 saturated carbocycles. The highest BCUT2D eigenvalue weighted by Gasteiger charge is 2.20. The van der Waals surface area contributed by atoms with E-state index in [-0.39, 0.29) is 25.5 Å². The van der Waals surface area contributed by atoms with E-state index in [2.05, 4.69) is 16.9 Å². The molecule has 0 aliphatic heterocycles. The Kier molecular flexibility index (Phi) is 5.32. The number of carboxylic acids is 1. The summed E-state index contributed by atoms with van der Waals surface area (Å²) >= 11 is 0. The van der Waals surface area contributed by atoms with E-state index in [4.69, 9.17) is 9.84 Å². The number of H-pyrrole nitrogens is 1. The number of carboxylic acid groups (broad SMARTS) is 1. The summed E-state index contributed by atoms with van der Waals surface area (Å²) in [5.74, 6) is -1.49. The first-order valence-electron chi connectivity index (χ1n) is 6.87. The van der Waals surface area contributed by atoms with Crippen LogP contribution < -0.4 is 5.32 Å². The van der Waals surface area contributed by atoms with E-state index in [0.717, 1.165) is 16.5 Å². The van der Waals surface area contributed by atoms with E-state index in [1.807, 2.05) is 24.3 Å². The van der Waals surface area contributed by atoms with Crippen LogP contribution in [0.25, 0.3) is 10.9 Å². The lowest BCUT2D eigenvalue weighted by Gasteiger charge is -2.14. The van der Waals surface area contributed by atoms with Gasteiger partial charge in [-0.15, -0.1) is 6.58 Å². The number of fused-ring (bicyclic) bond motifs is 1. The summed E-state index contributed by atoms with van der Waals surface area (Å²) in [5, 5.41) is 12.5. The topological polar surface area (TPSA) is 91.4 Å². The molecule has 6 nitrogen and oxygen atoms in total. The van der Waals surface area contributed by atoms with Crippen molar-refractivity contribution in [3.8, 4) is 0 Å². The molecule has 22 heavy (non-hydrogen) atoms. The van der Waals surface area contributed by atoms with Gasteiger partial charge < -0.3 is 20.1 Å². The van der Waals surface area contributed by atoms with Gasteiger partial charge in [-0.05, 0) is 11.6 Å². The predicted octanol–water partition coefficient (Wildman–Crippen LogP) is 1.48. The van der Waals surface area contributed by atoms with Crippen LogP contribution in [0.15, 0.2) is 43.1 Å². The summed E-state index contributed by atoms with van der Waals surface area (Å²) in [5.41, 5.74) is 1.76. The summed E-state index contributed by atoms with van der Waals surface area (Å²) in [6.07, 6.45) is 3.39. The number of para-hydroxylation sites is 1. The van der Waals surface area contributed by atoms with Crippen molar-refractivity contribution < 1.29 is 19.4 Å². The third-order valence-corrected chi connectivity index (χ3v) is 3.18. The minimum atomic E-state index is -1.13. The van der Waals surface area contributed by atoms with Gasteiger partial charge in [0.25, 0.3) is 0 Å². The fraction of sp³-hybridized carbons (Fsp3) is 0.250. The van der Waals surface area contributed by atoms with Gasteiger partial charge in [0.15, 0.2) is 6.04 Å². The number of ether oxygens (including phenoxy) is 1. The monoisotopic (exact) mass is 302 g/mol. The Labute approximate surface area is 127 Å². The number of aromatic amines is 1. The fourth-order valence-corrected chi connectivity index (χ4v) is 2.14. The molecule has 3 N–H and O–H groups in total. The van der Waals surface area contributed by atoms with Gasteiger partial charge in [-0.1, -0.05) is 24.3 Å². The average molecular weight is 302 g/mol. The minimum Gasteiger partial charge on any atom is -0.480 e. The zero-order valence-corrected chi connectivity index (χ0v) is 12.0. The van der Waals surface area contributed by atoms with E-state index >= 15 is 0 Å². The molecular formula is C16H18N2O4. The molecule has 0 saturated heterocycles. The van der Waals surface area contributed by atoms with Gasteiger partial charge in [-0.25, -0.2) is 4.79 Å². The van der Waals surface area contributed by atoms with Crippen molar-refractivity contribution in [3.05, 3.63) is 48.7 Å². The third kappa shape index (κ3) is 3.95. The Hall–Kier alpha value is -2.60. The Morgan fingerprint density at radius 3 is 2.91 bits per heavy atom. The van der Waals surface area contributed by atoms with E-state index < -0.39 is 12.0 Å². The Morgan fingerprint density at radius 2 is 2.18 bits per heavy atom. The number of hydrogen-bond donors (Lipinski definition) is 3. The number of aliphatic carboxylic acids is 1. The van der Waals surface area contributed by atoms with Crippen molar-refractivity contribution in [2.75, 3.05) is 13.2 Å². The number of carbonyl (C=O) groups is 2. The molecule has 2 aromatic rings. The van der Waals surface area contributed by atoms with Crippen LogP contribution >= 0.6 is 0 Å². The summed E-state index contributed by atoms with van der Waals surface area (Å²) in [7, 11) is 0. The van der Waals surface area contributed by atoms with Gasteiger partial charge in [0.2, 0.25) is 5.91 Å². The van der Waals surface area contributed by atoms with Crippen molar-refractivity contribution >= 4 is 22.8 Å². The summed E-state index contributed by atoms with van der Waals surface area (Å²) in [6.45, 7) is 3.62. The Bertz CT molecular complexity index is 678. The van der Waals surface area contributed by atoms with Crippen LogP contribution in [-0.4, -0.2) is 41.2 Å². The lowest BCUT2D eigenvalue weighted by Crippen LogP contribution is -2.44. The molecule has 1 amide bonds. The van der Waals surface area contributed by atoms with E-state index in [1.165, 1.54) is 6.08 Å². The lowest BCUT2D eigenvalue weighted by molar-refractivity contribution is -0.143. The highest BCUT2D eigenvalue weighted by molar-refractivity contribution is 5.90. The van der Waals surface area contributed by atoms with Gasteiger partial charge >= 0.3 is 5.97 Å². The van der Waals surface area contributed by atoms with Crippen LogP contribution in [0.2, 0.25) is 0 Å². The maximum Gasteiger partial charge on any atom is 0.328 e. The van der Waals surface area contributed by atoms with Crippen LogP contribution in [-0.2, 0) is 20.7 Å². The molecular weight excluding hydrogens is 284 g/mol. The maximum absolute atomic E-state index is 12.0. The van der Waals surface area contributed by atoms with Crippen LogP contribution in [0.4, 0.5) is 0 Å². The molecule has 0 radical (unpaired) electrons. The van der Waals surface area contributed by atoms with Crippen molar-refractivity contribution in [3.63, 3.8) is 0 Å². The summed E-state index contributed by atoms with van der Waals surface area (Å²) in [4.78, 5) is 26.2. The number of nitrogens with one attached hydrogen (secondary N) is 2. The molecule has 0 fully saturated rings. The quantitative estimate of drug-likeness (QED) is 0.509. The molecule has 1 heterocycles. The molecule has 0 bridgehead atoms. The molecule has 1 aromatic carbocycles. The second-order valence-electron chi connectivity index (χ2n) is 4.82. The van der Waals surface area contributed by atoms with Crippen molar-refractivity contribution in [1.82, 2.24) is 10.3 Å². The summed E-state index contributed by atoms with van der Waals surface area (Å²) < 4.78 is 5.09. The first-order chi connectivity index (χ1) is 10.6. The SMILES string of the molecule is C=CCOCC(NC(=O)Cc1c[nH]c2ccccc12)C(=O)O. The average Bonchev–Trinajstić information content (AvgIpc) is 2.89. The molecule has 1 aromatic heterocycles. The van der Waals surface area contributed by atoms with Gasteiger partial charge in [0, 0.05) is 17.1 Å². The molecule has 0 aliphatic carbocycles. The van der Waals surface area contributed by atoms with Crippen molar-refractivity contribution in [1.29, 1.82) is 0 Å². The predicted molar refractivity (Wildman–Crippen MR) is 82.6 cm³/mol. The summed E-state index contributed by atoms with van der Waals surface area (Å²) in [6, 6.07) is 6.55. The third-order valence-electron chi connectivity index (χ3n) is 3.18. The number of aromatic nitrogens is 1. The van der Waals surface area contributed by atoms with Crippen molar-refractivity contribution in [2.24, 2.45) is 0 Å².